The molecule has 0 fully saturated rings. The van der Waals surface area contributed by atoms with Gasteiger partial charge in [0.05, 0.1) is 30.2 Å². The van der Waals surface area contributed by atoms with Crippen molar-refractivity contribution in [3.63, 3.8) is 0 Å². The first-order valence-corrected chi connectivity index (χ1v) is 5.40. The minimum Gasteiger partial charge on any atom is -0.389 e. The fourth-order valence-corrected chi connectivity index (χ4v) is 1.64. The smallest absolute Gasteiger partial charge is 0.0992 e. The molecule has 0 aliphatic rings. The van der Waals surface area contributed by atoms with Crippen LogP contribution in [0.15, 0.2) is 18.2 Å². The lowest BCUT2D eigenvalue weighted by atomic mass is 10.0. The molecule has 0 saturated carbocycles. The topological polar surface area (TPSA) is 71.0 Å². The van der Waals surface area contributed by atoms with E-state index >= 15 is 0 Å². The van der Waals surface area contributed by atoms with Gasteiger partial charge in [-0.2, -0.15) is 10.5 Å². The maximum absolute atomic E-state index is 9.67. The highest BCUT2D eigenvalue weighted by atomic mass is 16.3. The van der Waals surface area contributed by atoms with Gasteiger partial charge in [0.1, 0.15) is 0 Å². The molecule has 4 heteroatoms. The summed E-state index contributed by atoms with van der Waals surface area (Å²) < 4.78 is 0. The van der Waals surface area contributed by atoms with Crippen LogP contribution < -0.4 is 4.90 Å². The number of hydrogen-bond acceptors (Lipinski definition) is 4. The van der Waals surface area contributed by atoms with E-state index in [9.17, 15) is 5.11 Å². The molecule has 1 rings (SSSR count). The van der Waals surface area contributed by atoms with Gasteiger partial charge in [-0.05, 0) is 19.1 Å². The first kappa shape index (κ1) is 13.0. The highest BCUT2D eigenvalue weighted by Crippen LogP contribution is 2.26. The summed E-state index contributed by atoms with van der Waals surface area (Å²) in [7, 11) is 1.85. The van der Waals surface area contributed by atoms with Gasteiger partial charge < -0.3 is 10.0 Å². The van der Waals surface area contributed by atoms with Gasteiger partial charge in [0.15, 0.2) is 0 Å². The van der Waals surface area contributed by atoms with Crippen LogP contribution in [-0.2, 0) is 0 Å². The number of benzene rings is 1. The maximum Gasteiger partial charge on any atom is 0.0992 e. The van der Waals surface area contributed by atoms with E-state index in [0.29, 0.717) is 18.5 Å². The van der Waals surface area contributed by atoms with E-state index < -0.39 is 6.10 Å². The van der Waals surface area contributed by atoms with Crippen LogP contribution in [0.4, 0.5) is 5.69 Å². The molecule has 17 heavy (non-hydrogen) atoms. The third-order valence-corrected chi connectivity index (χ3v) is 2.58. The molecule has 0 spiro atoms. The quantitative estimate of drug-likeness (QED) is 0.856. The molecule has 0 aromatic heterocycles. The van der Waals surface area contributed by atoms with Gasteiger partial charge in [-0.25, -0.2) is 0 Å². The van der Waals surface area contributed by atoms with Crippen molar-refractivity contribution in [3.8, 4) is 12.1 Å². The highest BCUT2D eigenvalue weighted by molar-refractivity contribution is 5.58. The molecule has 1 N–H and O–H groups in total. The maximum atomic E-state index is 9.67. The molecule has 4 nitrogen and oxygen atoms in total. The van der Waals surface area contributed by atoms with Crippen LogP contribution in [0.2, 0.25) is 0 Å². The molecule has 0 amide bonds. The Balaban J connectivity index is 3.10. The lowest BCUT2D eigenvalue weighted by molar-refractivity contribution is 0.199. The third-order valence-electron chi connectivity index (χ3n) is 2.58. The van der Waals surface area contributed by atoms with Crippen molar-refractivity contribution in [2.24, 2.45) is 0 Å². The molecular weight excluding hydrogens is 214 g/mol. The van der Waals surface area contributed by atoms with Crippen molar-refractivity contribution in [1.82, 2.24) is 0 Å². The van der Waals surface area contributed by atoms with Gasteiger partial charge in [-0.15, -0.1) is 0 Å². The van der Waals surface area contributed by atoms with Crippen molar-refractivity contribution >= 4 is 5.69 Å². The standard InChI is InChI=1S/C13H15N3O/c1-10(17)12-5-4-11(9-15)8-13(12)16(2)7-3-6-14/h4-5,8,10,17H,3,7H2,1-2H3. The molecule has 1 unspecified atom stereocenters. The van der Waals surface area contributed by atoms with Crippen molar-refractivity contribution < 1.29 is 5.11 Å². The summed E-state index contributed by atoms with van der Waals surface area (Å²) in [6.07, 6.45) is -0.186. The second-order valence-corrected chi connectivity index (χ2v) is 3.89. The summed E-state index contributed by atoms with van der Waals surface area (Å²) in [5, 5.41) is 27.1. The van der Waals surface area contributed by atoms with Crippen LogP contribution in [-0.4, -0.2) is 18.7 Å². The summed E-state index contributed by atoms with van der Waals surface area (Å²) in [6.45, 7) is 2.26. The molecule has 0 radical (unpaired) electrons. The van der Waals surface area contributed by atoms with Crippen molar-refractivity contribution in [2.75, 3.05) is 18.5 Å². The van der Waals surface area contributed by atoms with E-state index in [0.717, 1.165) is 11.3 Å². The van der Waals surface area contributed by atoms with E-state index in [-0.39, 0.29) is 0 Å². The van der Waals surface area contributed by atoms with Crippen LogP contribution in [0.1, 0.15) is 30.6 Å². The zero-order valence-corrected chi connectivity index (χ0v) is 10.0. The predicted molar refractivity (Wildman–Crippen MR) is 65.3 cm³/mol. The van der Waals surface area contributed by atoms with E-state index in [1.54, 1.807) is 25.1 Å². The molecule has 0 heterocycles. The molecule has 0 aliphatic carbocycles. The Morgan fingerprint density at radius 2 is 2.12 bits per heavy atom. The van der Waals surface area contributed by atoms with E-state index in [2.05, 4.69) is 12.1 Å². The fraction of sp³-hybridized carbons (Fsp3) is 0.385. The zero-order chi connectivity index (χ0) is 12.8. The Labute approximate surface area is 101 Å². The largest absolute Gasteiger partial charge is 0.389 e. The molecule has 1 atom stereocenters. The number of nitriles is 2. The number of hydrogen-bond donors (Lipinski definition) is 1. The van der Waals surface area contributed by atoms with Crippen molar-refractivity contribution in [1.29, 1.82) is 10.5 Å². The third kappa shape index (κ3) is 3.21. The first-order chi connectivity index (χ1) is 8.10. The van der Waals surface area contributed by atoms with Gasteiger partial charge in [-0.3, -0.25) is 0 Å². The first-order valence-electron chi connectivity index (χ1n) is 5.40. The summed E-state index contributed by atoms with van der Waals surface area (Å²) in [5.41, 5.74) is 2.12. The molecular formula is C13H15N3O. The SMILES string of the molecule is CC(O)c1ccc(C#N)cc1N(C)CCC#N. The molecule has 1 aromatic carbocycles. The number of rotatable bonds is 4. The Bertz CT molecular complexity index is 469. The molecule has 0 saturated heterocycles. The van der Waals surface area contributed by atoms with Gasteiger partial charge in [0.25, 0.3) is 0 Å². The second-order valence-electron chi connectivity index (χ2n) is 3.89. The summed E-state index contributed by atoms with van der Waals surface area (Å²) >= 11 is 0. The normalized spacial score (nSPS) is 11.4. The summed E-state index contributed by atoms with van der Waals surface area (Å²) in [5.74, 6) is 0. The van der Waals surface area contributed by atoms with Crippen LogP contribution in [0.25, 0.3) is 0 Å². The van der Waals surface area contributed by atoms with Gasteiger partial charge in [-0.1, -0.05) is 6.07 Å². The number of aliphatic hydroxyl groups excluding tert-OH is 1. The summed E-state index contributed by atoms with van der Waals surface area (Å²) in [4.78, 5) is 1.88. The highest BCUT2D eigenvalue weighted by Gasteiger charge is 2.12. The van der Waals surface area contributed by atoms with Gasteiger partial charge in [0, 0.05) is 24.8 Å². The second kappa shape index (κ2) is 5.89. The number of anilines is 1. The zero-order valence-electron chi connectivity index (χ0n) is 10.0. The Hall–Kier alpha value is -2.04. The van der Waals surface area contributed by atoms with Crippen LogP contribution in [0.3, 0.4) is 0 Å². The van der Waals surface area contributed by atoms with Crippen LogP contribution >= 0.6 is 0 Å². The lowest BCUT2D eigenvalue weighted by Crippen LogP contribution is -2.20. The Morgan fingerprint density at radius 3 is 2.65 bits per heavy atom. The molecule has 1 aromatic rings. The number of nitrogens with zero attached hydrogens (tertiary/aromatic N) is 3. The molecule has 0 aliphatic heterocycles. The fourth-order valence-electron chi connectivity index (χ4n) is 1.64. The molecule has 88 valence electrons. The molecule has 0 bridgehead atoms. The van der Waals surface area contributed by atoms with E-state index in [1.165, 1.54) is 0 Å². The van der Waals surface area contributed by atoms with Crippen molar-refractivity contribution in [2.45, 2.75) is 19.4 Å². The van der Waals surface area contributed by atoms with Crippen LogP contribution in [0, 0.1) is 22.7 Å². The average Bonchev–Trinajstić information content (AvgIpc) is 2.34. The lowest BCUT2D eigenvalue weighted by Gasteiger charge is -2.22. The number of aliphatic hydroxyl groups is 1. The van der Waals surface area contributed by atoms with Gasteiger partial charge in [0.2, 0.25) is 0 Å². The minimum absolute atomic E-state index is 0.409. The van der Waals surface area contributed by atoms with Crippen LogP contribution in [0.5, 0.6) is 0 Å². The monoisotopic (exact) mass is 229 g/mol. The minimum atomic E-state index is -0.595. The van der Waals surface area contributed by atoms with E-state index in [1.807, 2.05) is 11.9 Å². The Kier molecular flexibility index (Phi) is 4.51. The average molecular weight is 229 g/mol. The summed E-state index contributed by atoms with van der Waals surface area (Å²) in [6, 6.07) is 9.32. The van der Waals surface area contributed by atoms with E-state index in [4.69, 9.17) is 10.5 Å². The Morgan fingerprint density at radius 1 is 1.41 bits per heavy atom. The van der Waals surface area contributed by atoms with Gasteiger partial charge >= 0.3 is 0 Å². The predicted octanol–water partition coefficient (Wildman–Crippen LogP) is 1.96. The van der Waals surface area contributed by atoms with Crippen molar-refractivity contribution in [3.05, 3.63) is 29.3 Å².